The summed E-state index contributed by atoms with van der Waals surface area (Å²) in [4.78, 5) is 25.8. The fourth-order valence-corrected chi connectivity index (χ4v) is 2.69. The Morgan fingerprint density at radius 2 is 2.20 bits per heavy atom. The Morgan fingerprint density at radius 1 is 1.40 bits per heavy atom. The summed E-state index contributed by atoms with van der Waals surface area (Å²) in [5.41, 5.74) is 0. The van der Waals surface area contributed by atoms with Crippen molar-refractivity contribution in [2.24, 2.45) is 5.92 Å². The molecule has 0 aromatic carbocycles. The van der Waals surface area contributed by atoms with Crippen molar-refractivity contribution >= 4 is 11.8 Å². The number of piperidine rings is 1. The minimum Gasteiger partial charge on any atom is -0.464 e. The predicted octanol–water partition coefficient (Wildman–Crippen LogP) is 1.61. The lowest BCUT2D eigenvalue weighted by Gasteiger charge is -2.29. The first-order valence-electron chi connectivity index (χ1n) is 7.26. The number of carbonyl (C=O) groups excluding carboxylic acids is 2. The first-order chi connectivity index (χ1) is 9.63. The molecular weight excluding hydrogens is 256 g/mol. The van der Waals surface area contributed by atoms with E-state index in [9.17, 15) is 9.59 Å². The number of aryl methyl sites for hydroxylation is 1. The van der Waals surface area contributed by atoms with Crippen molar-refractivity contribution in [3.8, 4) is 0 Å². The number of hydrogen-bond donors (Lipinski definition) is 1. The van der Waals surface area contributed by atoms with Gasteiger partial charge in [0.15, 0.2) is 0 Å². The van der Waals surface area contributed by atoms with Gasteiger partial charge in [-0.05, 0) is 38.3 Å². The van der Waals surface area contributed by atoms with Crippen LogP contribution in [-0.2, 0) is 16.1 Å². The van der Waals surface area contributed by atoms with E-state index in [1.165, 1.54) is 0 Å². The molecule has 2 fully saturated rings. The maximum atomic E-state index is 12.6. The highest BCUT2D eigenvalue weighted by molar-refractivity contribution is 5.84. The summed E-state index contributed by atoms with van der Waals surface area (Å²) in [5.74, 6) is 1.83. The van der Waals surface area contributed by atoms with Crippen molar-refractivity contribution in [1.82, 2.24) is 10.2 Å². The number of hydrogen-bond acceptors (Lipinski definition) is 3. The number of amides is 2. The molecule has 1 N–H and O–H groups in total. The maximum absolute atomic E-state index is 12.6. The Labute approximate surface area is 118 Å². The molecule has 2 heterocycles. The van der Waals surface area contributed by atoms with Gasteiger partial charge in [0.25, 0.3) is 0 Å². The topological polar surface area (TPSA) is 62.6 Å². The third kappa shape index (κ3) is 2.86. The van der Waals surface area contributed by atoms with Crippen LogP contribution < -0.4 is 5.32 Å². The SMILES string of the molecule is Cc1ccc(CN(C(=O)C2CCC(=O)NC2)C2CC2)o1. The Morgan fingerprint density at radius 3 is 2.75 bits per heavy atom. The lowest BCUT2D eigenvalue weighted by Crippen LogP contribution is -2.45. The van der Waals surface area contributed by atoms with Crippen molar-refractivity contribution in [3.05, 3.63) is 23.7 Å². The summed E-state index contributed by atoms with van der Waals surface area (Å²) in [7, 11) is 0. The number of nitrogens with one attached hydrogen (secondary N) is 1. The summed E-state index contributed by atoms with van der Waals surface area (Å²) >= 11 is 0. The van der Waals surface area contributed by atoms with Gasteiger partial charge >= 0.3 is 0 Å². The minimum absolute atomic E-state index is 0.0497. The highest BCUT2D eigenvalue weighted by Crippen LogP contribution is 2.31. The second-order valence-corrected chi connectivity index (χ2v) is 5.75. The molecule has 20 heavy (non-hydrogen) atoms. The number of nitrogens with zero attached hydrogens (tertiary/aromatic N) is 1. The first kappa shape index (κ1) is 13.2. The van der Waals surface area contributed by atoms with Gasteiger partial charge in [-0.15, -0.1) is 0 Å². The van der Waals surface area contributed by atoms with Crippen LogP contribution in [0.15, 0.2) is 16.5 Å². The number of furan rings is 1. The standard InChI is InChI=1S/C15H20N2O3/c1-10-2-6-13(20-10)9-17(12-4-5-12)15(19)11-3-7-14(18)16-8-11/h2,6,11-12H,3-5,7-9H2,1H3,(H,16,18). The zero-order valence-electron chi connectivity index (χ0n) is 11.7. The zero-order chi connectivity index (χ0) is 14.1. The van der Waals surface area contributed by atoms with E-state index in [0.717, 1.165) is 24.4 Å². The summed E-state index contributed by atoms with van der Waals surface area (Å²) < 4.78 is 5.58. The largest absolute Gasteiger partial charge is 0.464 e. The third-order valence-electron chi connectivity index (χ3n) is 4.01. The van der Waals surface area contributed by atoms with Gasteiger partial charge in [-0.1, -0.05) is 0 Å². The summed E-state index contributed by atoms with van der Waals surface area (Å²) in [6.07, 6.45) is 3.26. The van der Waals surface area contributed by atoms with E-state index >= 15 is 0 Å². The van der Waals surface area contributed by atoms with Crippen LogP contribution in [0.25, 0.3) is 0 Å². The third-order valence-corrected chi connectivity index (χ3v) is 4.01. The molecular formula is C15H20N2O3. The highest BCUT2D eigenvalue weighted by atomic mass is 16.3. The fraction of sp³-hybridized carbons (Fsp3) is 0.600. The van der Waals surface area contributed by atoms with Gasteiger partial charge in [-0.2, -0.15) is 0 Å². The smallest absolute Gasteiger partial charge is 0.228 e. The molecule has 0 radical (unpaired) electrons. The minimum atomic E-state index is -0.0793. The summed E-state index contributed by atoms with van der Waals surface area (Å²) in [6.45, 7) is 2.92. The molecule has 1 aliphatic heterocycles. The molecule has 2 amide bonds. The van der Waals surface area contributed by atoms with Crippen molar-refractivity contribution < 1.29 is 14.0 Å². The van der Waals surface area contributed by atoms with Crippen LogP contribution in [0.3, 0.4) is 0 Å². The van der Waals surface area contributed by atoms with Gasteiger partial charge in [0, 0.05) is 19.0 Å². The molecule has 0 spiro atoms. The first-order valence-corrected chi connectivity index (χ1v) is 7.26. The Hall–Kier alpha value is -1.78. The van der Waals surface area contributed by atoms with Crippen LogP contribution in [-0.4, -0.2) is 29.3 Å². The zero-order valence-corrected chi connectivity index (χ0v) is 11.7. The Balaban J connectivity index is 1.67. The molecule has 2 aliphatic rings. The molecule has 5 nitrogen and oxygen atoms in total. The molecule has 3 rings (SSSR count). The van der Waals surface area contributed by atoms with Crippen LogP contribution in [0, 0.1) is 12.8 Å². The quantitative estimate of drug-likeness (QED) is 0.908. The van der Waals surface area contributed by atoms with E-state index in [-0.39, 0.29) is 17.7 Å². The van der Waals surface area contributed by atoms with Crippen LogP contribution in [0.4, 0.5) is 0 Å². The lowest BCUT2D eigenvalue weighted by atomic mass is 9.97. The van der Waals surface area contributed by atoms with Gasteiger partial charge in [0.05, 0.1) is 12.5 Å². The lowest BCUT2D eigenvalue weighted by molar-refractivity contribution is -0.138. The van der Waals surface area contributed by atoms with E-state index in [2.05, 4.69) is 5.32 Å². The monoisotopic (exact) mass is 276 g/mol. The fourth-order valence-electron chi connectivity index (χ4n) is 2.69. The summed E-state index contributed by atoms with van der Waals surface area (Å²) in [6, 6.07) is 4.21. The molecule has 1 atom stereocenters. The van der Waals surface area contributed by atoms with E-state index in [1.54, 1.807) is 0 Å². The second-order valence-electron chi connectivity index (χ2n) is 5.75. The van der Waals surface area contributed by atoms with Gasteiger partial charge in [0.2, 0.25) is 11.8 Å². The Bertz CT molecular complexity index is 509. The molecule has 0 bridgehead atoms. The number of carbonyl (C=O) groups is 2. The highest BCUT2D eigenvalue weighted by Gasteiger charge is 2.37. The molecule has 1 aliphatic carbocycles. The average molecular weight is 276 g/mol. The van der Waals surface area contributed by atoms with E-state index in [4.69, 9.17) is 4.42 Å². The molecule has 1 unspecified atom stereocenters. The predicted molar refractivity (Wildman–Crippen MR) is 72.8 cm³/mol. The van der Waals surface area contributed by atoms with Crippen LogP contribution in [0.2, 0.25) is 0 Å². The van der Waals surface area contributed by atoms with Gasteiger partial charge in [-0.25, -0.2) is 0 Å². The van der Waals surface area contributed by atoms with Crippen LogP contribution in [0.1, 0.15) is 37.2 Å². The average Bonchev–Trinajstić information content (AvgIpc) is 3.19. The molecule has 5 heteroatoms. The molecule has 1 saturated heterocycles. The van der Waals surface area contributed by atoms with Gasteiger partial charge in [-0.3, -0.25) is 9.59 Å². The van der Waals surface area contributed by atoms with E-state index in [0.29, 0.717) is 32.0 Å². The van der Waals surface area contributed by atoms with Crippen LogP contribution >= 0.6 is 0 Å². The number of rotatable bonds is 4. The molecule has 1 saturated carbocycles. The summed E-state index contributed by atoms with van der Waals surface area (Å²) in [5, 5.41) is 2.79. The van der Waals surface area contributed by atoms with Crippen molar-refractivity contribution in [3.63, 3.8) is 0 Å². The Kier molecular flexibility index (Phi) is 3.51. The van der Waals surface area contributed by atoms with Crippen molar-refractivity contribution in [2.45, 2.75) is 45.2 Å². The van der Waals surface area contributed by atoms with E-state index < -0.39 is 0 Å². The molecule has 1 aromatic heterocycles. The van der Waals surface area contributed by atoms with Crippen LogP contribution in [0.5, 0.6) is 0 Å². The van der Waals surface area contributed by atoms with Crippen molar-refractivity contribution in [2.75, 3.05) is 6.54 Å². The molecule has 1 aromatic rings. The van der Waals surface area contributed by atoms with Crippen molar-refractivity contribution in [1.29, 1.82) is 0 Å². The van der Waals surface area contributed by atoms with Gasteiger partial charge in [0.1, 0.15) is 11.5 Å². The normalized spacial score (nSPS) is 22.4. The molecule has 108 valence electrons. The van der Waals surface area contributed by atoms with Gasteiger partial charge < -0.3 is 14.6 Å². The second kappa shape index (κ2) is 5.31. The van der Waals surface area contributed by atoms with E-state index in [1.807, 2.05) is 24.0 Å². The maximum Gasteiger partial charge on any atom is 0.228 e.